The molecule has 0 radical (unpaired) electrons. The summed E-state index contributed by atoms with van der Waals surface area (Å²) in [5, 5.41) is 0. The van der Waals surface area contributed by atoms with Gasteiger partial charge in [-0.3, -0.25) is 0 Å². The second-order valence-corrected chi connectivity index (χ2v) is 2.76. The average Bonchev–Trinajstić information content (AvgIpc) is 1.69. The molecule has 0 saturated carbocycles. The maximum Gasteiger partial charge on any atom is 0.0201 e. The van der Waals surface area contributed by atoms with Crippen LogP contribution in [0.25, 0.3) is 0 Å². The zero-order valence-corrected chi connectivity index (χ0v) is 5.54. The molecule has 0 nitrogen and oxygen atoms in total. The minimum Gasteiger partial charge on any atom is -0.0805 e. The van der Waals surface area contributed by atoms with Crippen LogP contribution in [0.2, 0.25) is 0 Å². The van der Waals surface area contributed by atoms with Crippen LogP contribution in [-0.2, 0) is 0 Å². The minimum atomic E-state index is 0.498. The Balaban J connectivity index is 3.02. The van der Waals surface area contributed by atoms with E-state index in [1.807, 2.05) is 0 Å². The van der Waals surface area contributed by atoms with Crippen molar-refractivity contribution in [2.24, 2.45) is 0 Å². The molecule has 7 heavy (non-hydrogen) atoms. The fourth-order valence-electron chi connectivity index (χ4n) is 0.534. The topological polar surface area (TPSA) is 0 Å². The lowest BCUT2D eigenvalue weighted by molar-refractivity contribution is 1.52. The normalized spacial score (nSPS) is 8.71. The van der Waals surface area contributed by atoms with Crippen molar-refractivity contribution in [1.29, 1.82) is 0 Å². The summed E-state index contributed by atoms with van der Waals surface area (Å²) in [5.74, 6) is 0. The van der Waals surface area contributed by atoms with Crippen LogP contribution < -0.4 is 0 Å². The lowest BCUT2D eigenvalue weighted by Crippen LogP contribution is -1.70. The standard InChI is InChI=1S/C6H8Si/c1-6-3-2-4-7-5-6/h2-5,7H,1H3. The lowest BCUT2D eigenvalue weighted by Gasteiger charge is -1.82. The van der Waals surface area contributed by atoms with E-state index in [9.17, 15) is 0 Å². The van der Waals surface area contributed by atoms with Gasteiger partial charge >= 0.3 is 0 Å². The molecule has 0 aromatic carbocycles. The Kier molecular flexibility index (Phi) is 1.37. The summed E-state index contributed by atoms with van der Waals surface area (Å²) in [5.41, 5.74) is 5.94. The average molecular weight is 108 g/mol. The molecule has 0 N–H and O–H groups in total. The van der Waals surface area contributed by atoms with E-state index in [4.69, 9.17) is 0 Å². The highest BCUT2D eigenvalue weighted by atomic mass is 28.2. The van der Waals surface area contributed by atoms with Gasteiger partial charge < -0.3 is 0 Å². The third-order valence-electron chi connectivity index (χ3n) is 0.940. The monoisotopic (exact) mass is 108 g/mol. The third kappa shape index (κ3) is 1.24. The Morgan fingerprint density at radius 3 is 2.71 bits per heavy atom. The first-order valence-electron chi connectivity index (χ1n) is 2.41. The van der Waals surface area contributed by atoms with Crippen LogP contribution in [0.5, 0.6) is 0 Å². The van der Waals surface area contributed by atoms with Crippen LogP contribution in [0.4, 0.5) is 0 Å². The highest BCUT2D eigenvalue weighted by Crippen LogP contribution is 1.87. The van der Waals surface area contributed by atoms with Gasteiger partial charge in [-0.25, -0.2) is 0 Å². The molecule has 1 aromatic rings. The second kappa shape index (κ2) is 2.03. The van der Waals surface area contributed by atoms with Gasteiger partial charge in [0.25, 0.3) is 0 Å². The molecule has 0 aliphatic rings. The van der Waals surface area contributed by atoms with E-state index < -0.39 is 0 Å². The predicted molar refractivity (Wildman–Crippen MR) is 33.9 cm³/mol. The van der Waals surface area contributed by atoms with Gasteiger partial charge in [0.1, 0.15) is 0 Å². The van der Waals surface area contributed by atoms with E-state index in [1.165, 1.54) is 5.56 Å². The van der Waals surface area contributed by atoms with Crippen molar-refractivity contribution in [2.75, 3.05) is 0 Å². The third-order valence-corrected chi connectivity index (χ3v) is 2.10. The number of aryl methyl sites for hydroxylation is 1. The molecule has 0 fully saturated rings. The predicted octanol–water partition coefficient (Wildman–Crippen LogP) is 1.07. The first-order chi connectivity index (χ1) is 3.39. The van der Waals surface area contributed by atoms with Crippen LogP contribution in [0.3, 0.4) is 0 Å². The van der Waals surface area contributed by atoms with Crippen molar-refractivity contribution >= 4 is 9.12 Å². The Hall–Kier alpha value is -0.433. The summed E-state index contributed by atoms with van der Waals surface area (Å²) < 4.78 is 0. The SMILES string of the molecule is Cc1ccc[siH]c1. The van der Waals surface area contributed by atoms with E-state index in [2.05, 4.69) is 30.4 Å². The van der Waals surface area contributed by atoms with Gasteiger partial charge in [-0.2, -0.15) is 0 Å². The summed E-state index contributed by atoms with van der Waals surface area (Å²) in [6.07, 6.45) is 0. The highest BCUT2D eigenvalue weighted by Gasteiger charge is 1.72. The van der Waals surface area contributed by atoms with Gasteiger partial charge in [-0.15, -0.1) is 0 Å². The van der Waals surface area contributed by atoms with E-state index in [0.717, 1.165) is 0 Å². The van der Waals surface area contributed by atoms with Crippen LogP contribution >= 0.6 is 0 Å². The summed E-state index contributed by atoms with van der Waals surface area (Å²) in [7, 11) is 0.498. The maximum absolute atomic E-state index is 2.29. The molecular weight excluding hydrogens is 100 g/mol. The zero-order valence-electron chi connectivity index (χ0n) is 4.39. The Bertz CT molecular complexity index is 134. The van der Waals surface area contributed by atoms with Crippen molar-refractivity contribution in [3.63, 3.8) is 0 Å². The number of rotatable bonds is 0. The van der Waals surface area contributed by atoms with Crippen LogP contribution in [-0.4, -0.2) is 9.12 Å². The summed E-state index contributed by atoms with van der Waals surface area (Å²) in [6.45, 7) is 2.14. The van der Waals surface area contributed by atoms with E-state index in [0.29, 0.717) is 9.12 Å². The molecule has 1 rings (SSSR count). The lowest BCUT2D eigenvalue weighted by atomic mass is 10.4. The molecule has 0 atom stereocenters. The molecule has 0 bridgehead atoms. The second-order valence-electron chi connectivity index (χ2n) is 1.65. The quantitative estimate of drug-likeness (QED) is 0.436. The Morgan fingerprint density at radius 2 is 2.43 bits per heavy atom. The fraction of sp³-hybridized carbons (Fsp3) is 0.167. The molecule has 0 spiro atoms. The van der Waals surface area contributed by atoms with Gasteiger partial charge in [-0.1, -0.05) is 29.1 Å². The zero-order chi connectivity index (χ0) is 5.11. The van der Waals surface area contributed by atoms with E-state index >= 15 is 0 Å². The molecular formula is C6H8Si. The molecule has 0 saturated heterocycles. The van der Waals surface area contributed by atoms with Crippen molar-refractivity contribution in [3.8, 4) is 0 Å². The molecule has 1 aromatic heterocycles. The molecule has 36 valence electrons. The van der Waals surface area contributed by atoms with Crippen molar-refractivity contribution < 1.29 is 0 Å². The van der Waals surface area contributed by atoms with Crippen LogP contribution in [0, 0.1) is 6.92 Å². The van der Waals surface area contributed by atoms with E-state index in [-0.39, 0.29) is 0 Å². The summed E-state index contributed by atoms with van der Waals surface area (Å²) >= 11 is 0. The summed E-state index contributed by atoms with van der Waals surface area (Å²) in [4.78, 5) is 0. The molecule has 0 aliphatic carbocycles. The van der Waals surface area contributed by atoms with Gasteiger partial charge in [-0.05, 0) is 6.92 Å². The molecule has 1 heterocycles. The van der Waals surface area contributed by atoms with Crippen molar-refractivity contribution in [1.82, 2.24) is 0 Å². The van der Waals surface area contributed by atoms with Gasteiger partial charge in [0.15, 0.2) is 0 Å². The molecule has 0 aliphatic heterocycles. The van der Waals surface area contributed by atoms with Crippen LogP contribution in [0.1, 0.15) is 5.56 Å². The largest absolute Gasteiger partial charge is 0.0805 e. The van der Waals surface area contributed by atoms with Crippen LogP contribution in [0.15, 0.2) is 23.5 Å². The van der Waals surface area contributed by atoms with Crippen molar-refractivity contribution in [2.45, 2.75) is 6.92 Å². The van der Waals surface area contributed by atoms with E-state index in [1.54, 1.807) is 0 Å². The highest BCUT2D eigenvalue weighted by molar-refractivity contribution is 6.26. The first-order valence-corrected chi connectivity index (χ1v) is 3.74. The Labute approximate surface area is 45.9 Å². The Morgan fingerprint density at radius 1 is 1.57 bits per heavy atom. The maximum atomic E-state index is 2.29. The first kappa shape index (κ1) is 4.72. The smallest absolute Gasteiger partial charge is 0.0201 e. The summed E-state index contributed by atoms with van der Waals surface area (Å²) in [6, 6.07) is 4.27. The van der Waals surface area contributed by atoms with Gasteiger partial charge in [0.2, 0.25) is 0 Å². The number of hydrogen-bond acceptors (Lipinski definition) is 0. The van der Waals surface area contributed by atoms with Gasteiger partial charge in [0.05, 0.1) is 0 Å². The van der Waals surface area contributed by atoms with Crippen molar-refractivity contribution in [3.05, 3.63) is 29.1 Å². The van der Waals surface area contributed by atoms with Gasteiger partial charge in [0, 0.05) is 9.12 Å². The number of hydrogen-bond donors (Lipinski definition) is 0. The fourth-order valence-corrected chi connectivity index (χ4v) is 1.30. The minimum absolute atomic E-state index is 0.498. The molecule has 0 unspecified atom stereocenters. The molecule has 0 amide bonds. The molecule has 1 heteroatoms.